The third-order valence-corrected chi connectivity index (χ3v) is 3.65. The lowest BCUT2D eigenvalue weighted by Crippen LogP contribution is -2.08. The van der Waals surface area contributed by atoms with Crippen molar-refractivity contribution in [2.24, 2.45) is 0 Å². The first-order valence-electron chi connectivity index (χ1n) is 7.62. The fraction of sp³-hybridized carbons (Fsp3) is 0.222. The third-order valence-electron chi connectivity index (χ3n) is 3.65. The molecule has 0 aliphatic carbocycles. The maximum Gasteiger partial charge on any atom is 0.338 e. The molecular formula is C18H19N3O2. The molecule has 0 saturated heterocycles. The zero-order valence-corrected chi connectivity index (χ0v) is 13.1. The minimum atomic E-state index is -0.277. The van der Waals surface area contributed by atoms with E-state index in [4.69, 9.17) is 4.74 Å². The number of carbonyl (C=O) groups excluding carboxylic acids is 1. The fourth-order valence-electron chi connectivity index (χ4n) is 2.47. The molecule has 0 amide bonds. The van der Waals surface area contributed by atoms with Gasteiger partial charge >= 0.3 is 5.97 Å². The van der Waals surface area contributed by atoms with E-state index in [0.29, 0.717) is 12.2 Å². The first-order chi connectivity index (χ1) is 11.3. The second kappa shape index (κ2) is 6.96. The summed E-state index contributed by atoms with van der Waals surface area (Å²) in [5.41, 5.74) is 2.93. The Morgan fingerprint density at radius 2 is 1.96 bits per heavy atom. The average Bonchev–Trinajstić information content (AvgIpc) is 3.21. The van der Waals surface area contributed by atoms with Crippen LogP contribution < -0.4 is 0 Å². The Bertz CT molecular complexity index is 758. The van der Waals surface area contributed by atoms with E-state index in [1.807, 2.05) is 47.4 Å². The number of imidazole rings is 1. The van der Waals surface area contributed by atoms with E-state index in [1.165, 1.54) is 5.69 Å². The SMILES string of the molecule is CCOC(=O)c1ccc(Cn2cccc2Cn2ccnc2)cc1. The molecule has 0 radical (unpaired) electrons. The van der Waals surface area contributed by atoms with Crippen molar-refractivity contribution in [3.05, 3.63) is 78.1 Å². The van der Waals surface area contributed by atoms with Gasteiger partial charge in [-0.25, -0.2) is 9.78 Å². The van der Waals surface area contributed by atoms with Crippen LogP contribution in [0.15, 0.2) is 61.3 Å². The predicted molar refractivity (Wildman–Crippen MR) is 87.3 cm³/mol. The Morgan fingerprint density at radius 1 is 1.13 bits per heavy atom. The number of esters is 1. The van der Waals surface area contributed by atoms with Crippen LogP contribution in [0.3, 0.4) is 0 Å². The average molecular weight is 309 g/mol. The summed E-state index contributed by atoms with van der Waals surface area (Å²) in [4.78, 5) is 15.7. The molecule has 0 bridgehead atoms. The molecule has 0 fully saturated rings. The van der Waals surface area contributed by atoms with Crippen LogP contribution in [0.2, 0.25) is 0 Å². The van der Waals surface area contributed by atoms with Crippen molar-refractivity contribution in [3.8, 4) is 0 Å². The highest BCUT2D eigenvalue weighted by Crippen LogP contribution is 2.11. The van der Waals surface area contributed by atoms with Crippen molar-refractivity contribution in [2.75, 3.05) is 6.61 Å². The lowest BCUT2D eigenvalue weighted by atomic mass is 10.1. The van der Waals surface area contributed by atoms with Gasteiger partial charge < -0.3 is 13.9 Å². The van der Waals surface area contributed by atoms with Crippen molar-refractivity contribution in [1.29, 1.82) is 0 Å². The van der Waals surface area contributed by atoms with E-state index in [0.717, 1.165) is 18.7 Å². The molecule has 23 heavy (non-hydrogen) atoms. The van der Waals surface area contributed by atoms with E-state index in [2.05, 4.69) is 21.8 Å². The number of hydrogen-bond acceptors (Lipinski definition) is 3. The molecule has 0 spiro atoms. The number of rotatable bonds is 6. The lowest BCUT2D eigenvalue weighted by molar-refractivity contribution is 0.0526. The largest absolute Gasteiger partial charge is 0.462 e. The summed E-state index contributed by atoms with van der Waals surface area (Å²) in [6, 6.07) is 11.7. The molecule has 5 nitrogen and oxygen atoms in total. The van der Waals surface area contributed by atoms with Crippen LogP contribution >= 0.6 is 0 Å². The van der Waals surface area contributed by atoms with Gasteiger partial charge in [-0.05, 0) is 36.8 Å². The van der Waals surface area contributed by atoms with E-state index >= 15 is 0 Å². The van der Waals surface area contributed by atoms with Gasteiger partial charge in [0.2, 0.25) is 0 Å². The molecule has 2 aromatic heterocycles. The molecule has 118 valence electrons. The topological polar surface area (TPSA) is 49.0 Å². The normalized spacial score (nSPS) is 10.7. The van der Waals surface area contributed by atoms with E-state index in [-0.39, 0.29) is 5.97 Å². The Hall–Kier alpha value is -2.82. The molecule has 2 heterocycles. The maximum absolute atomic E-state index is 11.7. The van der Waals surface area contributed by atoms with Crippen LogP contribution in [0.4, 0.5) is 0 Å². The lowest BCUT2D eigenvalue weighted by Gasteiger charge is -2.10. The highest BCUT2D eigenvalue weighted by molar-refractivity contribution is 5.89. The summed E-state index contributed by atoms with van der Waals surface area (Å²) in [5.74, 6) is -0.277. The van der Waals surface area contributed by atoms with Gasteiger partial charge in [-0.1, -0.05) is 12.1 Å². The fourth-order valence-corrected chi connectivity index (χ4v) is 2.47. The van der Waals surface area contributed by atoms with Gasteiger partial charge in [0.15, 0.2) is 0 Å². The number of carbonyl (C=O) groups is 1. The van der Waals surface area contributed by atoms with Crippen molar-refractivity contribution in [2.45, 2.75) is 20.0 Å². The number of hydrogen-bond donors (Lipinski definition) is 0. The summed E-state index contributed by atoms with van der Waals surface area (Å²) in [5, 5.41) is 0. The number of ether oxygens (including phenoxy) is 1. The molecule has 0 unspecified atom stereocenters. The molecular weight excluding hydrogens is 290 g/mol. The third kappa shape index (κ3) is 3.69. The van der Waals surface area contributed by atoms with Crippen molar-refractivity contribution >= 4 is 5.97 Å². The molecule has 0 aliphatic heterocycles. The van der Waals surface area contributed by atoms with Crippen molar-refractivity contribution in [1.82, 2.24) is 14.1 Å². The van der Waals surface area contributed by atoms with E-state index < -0.39 is 0 Å². The number of benzene rings is 1. The quantitative estimate of drug-likeness (QED) is 0.658. The Labute approximate surface area is 135 Å². The highest BCUT2D eigenvalue weighted by atomic mass is 16.5. The second-order valence-corrected chi connectivity index (χ2v) is 5.28. The zero-order valence-electron chi connectivity index (χ0n) is 13.1. The maximum atomic E-state index is 11.7. The Kier molecular flexibility index (Phi) is 4.57. The zero-order chi connectivity index (χ0) is 16.1. The van der Waals surface area contributed by atoms with Crippen molar-refractivity contribution < 1.29 is 9.53 Å². The number of aromatic nitrogens is 3. The van der Waals surface area contributed by atoms with Gasteiger partial charge in [0, 0.05) is 30.8 Å². The van der Waals surface area contributed by atoms with Crippen LogP contribution in [-0.4, -0.2) is 26.7 Å². The molecule has 1 aromatic carbocycles. The summed E-state index contributed by atoms with van der Waals surface area (Å²) in [7, 11) is 0. The van der Waals surface area contributed by atoms with Gasteiger partial charge in [0.1, 0.15) is 0 Å². The summed E-state index contributed by atoms with van der Waals surface area (Å²) in [6.45, 7) is 3.75. The first kappa shape index (κ1) is 15.1. The van der Waals surface area contributed by atoms with Gasteiger partial charge in [0.25, 0.3) is 0 Å². The van der Waals surface area contributed by atoms with Gasteiger partial charge in [-0.2, -0.15) is 0 Å². The molecule has 0 N–H and O–H groups in total. The highest BCUT2D eigenvalue weighted by Gasteiger charge is 2.07. The summed E-state index contributed by atoms with van der Waals surface area (Å²) < 4.78 is 9.23. The molecule has 3 rings (SSSR count). The predicted octanol–water partition coefficient (Wildman–Crippen LogP) is 2.96. The monoisotopic (exact) mass is 309 g/mol. The first-order valence-corrected chi connectivity index (χ1v) is 7.62. The second-order valence-electron chi connectivity index (χ2n) is 5.28. The molecule has 0 aliphatic rings. The minimum Gasteiger partial charge on any atom is -0.462 e. The summed E-state index contributed by atoms with van der Waals surface area (Å²) in [6.07, 6.45) is 7.60. The number of nitrogens with zero attached hydrogens (tertiary/aromatic N) is 3. The van der Waals surface area contributed by atoms with E-state index in [1.54, 1.807) is 13.1 Å². The van der Waals surface area contributed by atoms with Crippen molar-refractivity contribution in [3.63, 3.8) is 0 Å². The molecule has 3 aromatic rings. The summed E-state index contributed by atoms with van der Waals surface area (Å²) >= 11 is 0. The molecule has 5 heteroatoms. The van der Waals surface area contributed by atoms with Gasteiger partial charge in [0.05, 0.1) is 25.0 Å². The van der Waals surface area contributed by atoms with Crippen LogP contribution in [0, 0.1) is 0 Å². The smallest absolute Gasteiger partial charge is 0.338 e. The Morgan fingerprint density at radius 3 is 2.65 bits per heavy atom. The van der Waals surface area contributed by atoms with E-state index in [9.17, 15) is 4.79 Å². The molecule has 0 saturated carbocycles. The van der Waals surface area contributed by atoms with Gasteiger partial charge in [-0.15, -0.1) is 0 Å². The molecule has 0 atom stereocenters. The standard InChI is InChI=1S/C18H19N3O2/c1-2-23-18(22)16-7-5-15(6-8-16)12-21-10-3-4-17(21)13-20-11-9-19-14-20/h3-11,14H,2,12-13H2,1H3. The van der Waals surface area contributed by atoms with Crippen LogP contribution in [0.25, 0.3) is 0 Å². The van der Waals surface area contributed by atoms with Crippen LogP contribution in [-0.2, 0) is 17.8 Å². The van der Waals surface area contributed by atoms with Crippen LogP contribution in [0.5, 0.6) is 0 Å². The van der Waals surface area contributed by atoms with Crippen LogP contribution in [0.1, 0.15) is 28.5 Å². The Balaban J connectivity index is 1.70. The minimum absolute atomic E-state index is 0.277. The van der Waals surface area contributed by atoms with Gasteiger partial charge in [-0.3, -0.25) is 0 Å².